The highest BCUT2D eigenvalue weighted by Crippen LogP contribution is 2.39. The molecule has 1 aliphatic carbocycles. The lowest BCUT2D eigenvalue weighted by molar-refractivity contribution is 0.318. The van der Waals surface area contributed by atoms with Gasteiger partial charge in [-0.25, -0.2) is 4.39 Å². The average molecular weight is 296 g/mol. The number of hydrogen-bond donors (Lipinski definition) is 0. The Kier molecular flexibility index (Phi) is 6.86. The van der Waals surface area contributed by atoms with E-state index in [4.69, 9.17) is 4.74 Å². The quantitative estimate of drug-likeness (QED) is 0.633. The second-order valence-electron chi connectivity index (χ2n) is 5.51. The Morgan fingerprint density at radius 1 is 1.14 bits per heavy atom. The summed E-state index contributed by atoms with van der Waals surface area (Å²) in [6.07, 6.45) is 9.41. The first-order valence-corrected chi connectivity index (χ1v) is 7.30. The zero-order valence-corrected chi connectivity index (χ0v) is 12.2. The number of benzene rings is 1. The SMILES string of the molecule is C.CC=CCC1CCC(c2ccc(OC)c(F)c2F)CC1. The van der Waals surface area contributed by atoms with Crippen molar-refractivity contribution in [2.24, 2.45) is 5.92 Å². The van der Waals surface area contributed by atoms with Gasteiger partial charge in [0.15, 0.2) is 11.6 Å². The molecule has 2 rings (SSSR count). The number of allylic oxidation sites excluding steroid dienone is 2. The fourth-order valence-corrected chi connectivity index (χ4v) is 3.06. The molecule has 0 unspecified atom stereocenters. The predicted octanol–water partition coefficient (Wildman–Crippen LogP) is 5.85. The Hall–Kier alpha value is -1.38. The van der Waals surface area contributed by atoms with Crippen LogP contribution in [0.3, 0.4) is 0 Å². The molecule has 0 N–H and O–H groups in total. The van der Waals surface area contributed by atoms with Gasteiger partial charge in [0.1, 0.15) is 0 Å². The molecule has 0 aliphatic heterocycles. The second kappa shape index (κ2) is 8.16. The van der Waals surface area contributed by atoms with Crippen molar-refractivity contribution >= 4 is 0 Å². The molecule has 1 saturated carbocycles. The van der Waals surface area contributed by atoms with Crippen LogP contribution in [0, 0.1) is 17.6 Å². The Balaban J connectivity index is 0.00000220. The maximum Gasteiger partial charge on any atom is 0.200 e. The zero-order valence-electron chi connectivity index (χ0n) is 12.2. The Labute approximate surface area is 127 Å². The first-order chi connectivity index (χ1) is 9.67. The Bertz CT molecular complexity index is 474. The Morgan fingerprint density at radius 3 is 2.38 bits per heavy atom. The lowest BCUT2D eigenvalue weighted by Gasteiger charge is -2.28. The van der Waals surface area contributed by atoms with Crippen LogP contribution in [0.2, 0.25) is 0 Å². The third-order valence-electron chi connectivity index (χ3n) is 4.29. The van der Waals surface area contributed by atoms with Gasteiger partial charge in [0.05, 0.1) is 7.11 Å². The van der Waals surface area contributed by atoms with Crippen molar-refractivity contribution in [3.8, 4) is 5.75 Å². The lowest BCUT2D eigenvalue weighted by atomic mass is 9.77. The largest absolute Gasteiger partial charge is 0.494 e. The smallest absolute Gasteiger partial charge is 0.200 e. The van der Waals surface area contributed by atoms with E-state index in [2.05, 4.69) is 12.2 Å². The van der Waals surface area contributed by atoms with E-state index >= 15 is 0 Å². The van der Waals surface area contributed by atoms with Crippen LogP contribution in [-0.4, -0.2) is 7.11 Å². The topological polar surface area (TPSA) is 9.23 Å². The highest BCUT2D eigenvalue weighted by Gasteiger charge is 2.26. The number of ether oxygens (including phenoxy) is 1. The summed E-state index contributed by atoms with van der Waals surface area (Å²) in [5.74, 6) is -0.791. The molecule has 0 atom stereocenters. The maximum absolute atomic E-state index is 14.1. The average Bonchev–Trinajstić information content (AvgIpc) is 2.48. The van der Waals surface area contributed by atoms with E-state index in [1.54, 1.807) is 6.07 Å². The second-order valence-corrected chi connectivity index (χ2v) is 5.51. The molecule has 0 saturated heterocycles. The molecule has 1 aromatic rings. The zero-order chi connectivity index (χ0) is 14.5. The molecule has 21 heavy (non-hydrogen) atoms. The molecule has 0 heterocycles. The number of rotatable bonds is 4. The van der Waals surface area contributed by atoms with Gasteiger partial charge in [0, 0.05) is 0 Å². The van der Waals surface area contributed by atoms with Crippen LogP contribution in [0.4, 0.5) is 8.78 Å². The highest BCUT2D eigenvalue weighted by atomic mass is 19.2. The third kappa shape index (κ3) is 4.05. The molecule has 1 nitrogen and oxygen atoms in total. The first kappa shape index (κ1) is 17.7. The van der Waals surface area contributed by atoms with E-state index in [0.717, 1.165) is 32.1 Å². The van der Waals surface area contributed by atoms with Gasteiger partial charge in [-0.2, -0.15) is 4.39 Å². The minimum Gasteiger partial charge on any atom is -0.494 e. The summed E-state index contributed by atoms with van der Waals surface area (Å²) in [6.45, 7) is 2.03. The maximum atomic E-state index is 14.1. The van der Waals surface area contributed by atoms with Crippen LogP contribution in [0.15, 0.2) is 24.3 Å². The fourth-order valence-electron chi connectivity index (χ4n) is 3.06. The molecule has 1 aliphatic rings. The van der Waals surface area contributed by atoms with E-state index in [1.807, 2.05) is 6.92 Å². The fraction of sp³-hybridized carbons (Fsp3) is 0.556. The number of hydrogen-bond acceptors (Lipinski definition) is 1. The van der Waals surface area contributed by atoms with E-state index in [1.165, 1.54) is 13.2 Å². The minimum atomic E-state index is -0.860. The van der Waals surface area contributed by atoms with Gasteiger partial charge in [-0.1, -0.05) is 25.6 Å². The van der Waals surface area contributed by atoms with Crippen LogP contribution in [0.1, 0.15) is 57.9 Å². The summed E-state index contributed by atoms with van der Waals surface area (Å²) < 4.78 is 32.6. The van der Waals surface area contributed by atoms with Crippen LogP contribution in [0.5, 0.6) is 5.75 Å². The molecule has 0 aromatic heterocycles. The normalized spacial score (nSPS) is 22.1. The van der Waals surface area contributed by atoms with Crippen molar-refractivity contribution in [1.29, 1.82) is 0 Å². The van der Waals surface area contributed by atoms with Crippen LogP contribution in [-0.2, 0) is 0 Å². The summed E-state index contributed by atoms with van der Waals surface area (Å²) in [6, 6.07) is 3.20. The van der Waals surface area contributed by atoms with Crippen molar-refractivity contribution in [2.75, 3.05) is 7.11 Å². The van der Waals surface area contributed by atoms with Crippen LogP contribution < -0.4 is 4.74 Å². The summed E-state index contributed by atoms with van der Waals surface area (Å²) in [5, 5.41) is 0. The van der Waals surface area contributed by atoms with Gasteiger partial charge in [0.2, 0.25) is 5.82 Å². The number of halogens is 2. The molecule has 1 fully saturated rings. The van der Waals surface area contributed by atoms with Crippen molar-refractivity contribution < 1.29 is 13.5 Å². The first-order valence-electron chi connectivity index (χ1n) is 7.30. The number of methoxy groups -OCH3 is 1. The standard InChI is InChI=1S/C17H22F2O.CH4/c1-3-4-5-12-6-8-13(9-7-12)14-10-11-15(20-2)17(19)16(14)18;/h3-4,10-13H,5-9H2,1-2H3;1H4. The van der Waals surface area contributed by atoms with Gasteiger partial charge < -0.3 is 4.74 Å². The van der Waals surface area contributed by atoms with E-state index < -0.39 is 11.6 Å². The van der Waals surface area contributed by atoms with E-state index in [-0.39, 0.29) is 19.1 Å². The molecule has 0 radical (unpaired) electrons. The van der Waals surface area contributed by atoms with Gasteiger partial charge in [-0.05, 0) is 62.5 Å². The van der Waals surface area contributed by atoms with Crippen LogP contribution in [0.25, 0.3) is 0 Å². The van der Waals surface area contributed by atoms with Crippen molar-refractivity contribution in [2.45, 2.75) is 52.4 Å². The highest BCUT2D eigenvalue weighted by molar-refractivity contribution is 5.33. The molecule has 1 aromatic carbocycles. The molecule has 0 amide bonds. The summed E-state index contributed by atoms with van der Waals surface area (Å²) >= 11 is 0. The third-order valence-corrected chi connectivity index (χ3v) is 4.29. The Morgan fingerprint density at radius 2 is 1.81 bits per heavy atom. The molecule has 0 bridgehead atoms. The molecule has 3 heteroatoms. The van der Waals surface area contributed by atoms with Crippen molar-refractivity contribution in [1.82, 2.24) is 0 Å². The lowest BCUT2D eigenvalue weighted by Crippen LogP contribution is -2.14. The van der Waals surface area contributed by atoms with E-state index in [0.29, 0.717) is 11.5 Å². The molecule has 118 valence electrons. The van der Waals surface area contributed by atoms with Gasteiger partial charge >= 0.3 is 0 Å². The van der Waals surface area contributed by atoms with Crippen LogP contribution >= 0.6 is 0 Å². The van der Waals surface area contributed by atoms with E-state index in [9.17, 15) is 8.78 Å². The summed E-state index contributed by atoms with van der Waals surface area (Å²) in [5.41, 5.74) is 0.507. The summed E-state index contributed by atoms with van der Waals surface area (Å²) in [7, 11) is 1.35. The van der Waals surface area contributed by atoms with Crippen molar-refractivity contribution in [3.05, 3.63) is 41.5 Å². The molecular weight excluding hydrogens is 270 g/mol. The molecular formula is C18H26F2O. The van der Waals surface area contributed by atoms with Gasteiger partial charge in [-0.15, -0.1) is 0 Å². The summed E-state index contributed by atoms with van der Waals surface area (Å²) in [4.78, 5) is 0. The van der Waals surface area contributed by atoms with Crippen molar-refractivity contribution in [3.63, 3.8) is 0 Å². The molecule has 0 spiro atoms. The monoisotopic (exact) mass is 296 g/mol. The van der Waals surface area contributed by atoms with Gasteiger partial charge in [-0.3, -0.25) is 0 Å². The predicted molar refractivity (Wildman–Crippen MR) is 83.8 cm³/mol. The van der Waals surface area contributed by atoms with Gasteiger partial charge in [0.25, 0.3) is 0 Å². The minimum absolute atomic E-state index is 0.